The smallest absolute Gasteiger partial charge is 0.235 e. The van der Waals surface area contributed by atoms with E-state index in [2.05, 4.69) is 4.99 Å². The summed E-state index contributed by atoms with van der Waals surface area (Å²) in [6.45, 7) is 0.717. The van der Waals surface area contributed by atoms with Gasteiger partial charge in [0.25, 0.3) is 0 Å². The number of nitrogens with zero attached hydrogens (tertiary/aromatic N) is 1. The standard InChI is InChI=1S/C17H21NO3/c1-20-15-6-4-5-14(16(15)21-11-13-7-8-13)17(18-12-19)9-2-3-10-17/h4-6,13H,2-3,7-11H2,1H3. The quantitative estimate of drug-likeness (QED) is 0.593. The summed E-state index contributed by atoms with van der Waals surface area (Å²) in [7, 11) is 1.65. The Balaban J connectivity index is 2.00. The number of ether oxygens (including phenoxy) is 2. The Bertz CT molecular complexity index is 553. The maximum atomic E-state index is 10.9. The van der Waals surface area contributed by atoms with Gasteiger partial charge in [-0.05, 0) is 37.7 Å². The van der Waals surface area contributed by atoms with Crippen molar-refractivity contribution >= 4 is 6.08 Å². The average Bonchev–Trinajstić information content (AvgIpc) is 3.22. The van der Waals surface area contributed by atoms with Gasteiger partial charge in [-0.3, -0.25) is 0 Å². The lowest BCUT2D eigenvalue weighted by Crippen LogP contribution is -2.21. The molecule has 0 amide bonds. The lowest BCUT2D eigenvalue weighted by molar-refractivity contribution is 0.269. The zero-order valence-electron chi connectivity index (χ0n) is 12.4. The van der Waals surface area contributed by atoms with Gasteiger partial charge in [0.05, 0.1) is 13.7 Å². The first-order valence-corrected chi connectivity index (χ1v) is 7.68. The summed E-state index contributed by atoms with van der Waals surface area (Å²) in [5.74, 6) is 2.14. The van der Waals surface area contributed by atoms with E-state index in [0.717, 1.165) is 42.7 Å². The number of methoxy groups -OCH3 is 1. The number of hydrogen-bond acceptors (Lipinski definition) is 4. The minimum absolute atomic E-state index is 0.477. The highest BCUT2D eigenvalue weighted by molar-refractivity contribution is 5.52. The Labute approximate surface area is 125 Å². The molecule has 2 aliphatic carbocycles. The molecule has 2 aliphatic rings. The summed E-state index contributed by atoms with van der Waals surface area (Å²) in [4.78, 5) is 15.1. The third-order valence-electron chi connectivity index (χ3n) is 4.55. The molecule has 0 spiro atoms. The normalized spacial score (nSPS) is 19.9. The molecule has 4 heteroatoms. The molecule has 0 N–H and O–H groups in total. The second kappa shape index (κ2) is 5.90. The van der Waals surface area contributed by atoms with Crippen LogP contribution < -0.4 is 9.47 Å². The fourth-order valence-electron chi connectivity index (χ4n) is 3.17. The highest BCUT2D eigenvalue weighted by atomic mass is 16.5. The zero-order chi connectivity index (χ0) is 14.7. The summed E-state index contributed by atoms with van der Waals surface area (Å²) in [6, 6.07) is 5.86. The van der Waals surface area contributed by atoms with Crippen molar-refractivity contribution in [3.8, 4) is 11.5 Å². The van der Waals surface area contributed by atoms with Crippen LogP contribution in [0.25, 0.3) is 0 Å². The Kier molecular flexibility index (Phi) is 3.98. The molecule has 0 unspecified atom stereocenters. The molecule has 0 saturated heterocycles. The van der Waals surface area contributed by atoms with Crippen molar-refractivity contribution in [3.63, 3.8) is 0 Å². The lowest BCUT2D eigenvalue weighted by Gasteiger charge is -2.26. The van der Waals surface area contributed by atoms with Crippen LogP contribution >= 0.6 is 0 Å². The molecule has 0 radical (unpaired) electrons. The fourth-order valence-corrected chi connectivity index (χ4v) is 3.17. The number of aliphatic imine (C=N–C) groups is 1. The molecule has 1 aromatic rings. The van der Waals surface area contributed by atoms with Gasteiger partial charge in [0.1, 0.15) is 5.54 Å². The highest BCUT2D eigenvalue weighted by Gasteiger charge is 2.39. The van der Waals surface area contributed by atoms with E-state index in [1.54, 1.807) is 13.2 Å². The topological polar surface area (TPSA) is 47.9 Å². The van der Waals surface area contributed by atoms with E-state index in [-0.39, 0.29) is 0 Å². The van der Waals surface area contributed by atoms with Crippen molar-refractivity contribution in [3.05, 3.63) is 23.8 Å². The van der Waals surface area contributed by atoms with Crippen LogP contribution in [0, 0.1) is 5.92 Å². The van der Waals surface area contributed by atoms with Crippen molar-refractivity contribution < 1.29 is 14.3 Å². The Morgan fingerprint density at radius 3 is 2.71 bits per heavy atom. The van der Waals surface area contributed by atoms with E-state index in [1.807, 2.05) is 18.2 Å². The predicted octanol–water partition coefficient (Wildman–Crippen LogP) is 3.59. The number of isocyanates is 1. The maximum absolute atomic E-state index is 10.9. The first kappa shape index (κ1) is 14.2. The van der Waals surface area contributed by atoms with Gasteiger partial charge in [0.2, 0.25) is 6.08 Å². The van der Waals surface area contributed by atoms with Crippen LogP contribution in [0.3, 0.4) is 0 Å². The number of benzene rings is 1. The summed E-state index contributed by atoms with van der Waals surface area (Å²) in [5, 5.41) is 0. The fraction of sp³-hybridized carbons (Fsp3) is 0.588. The van der Waals surface area contributed by atoms with Gasteiger partial charge in [0, 0.05) is 5.56 Å². The predicted molar refractivity (Wildman–Crippen MR) is 79.5 cm³/mol. The Morgan fingerprint density at radius 2 is 2.10 bits per heavy atom. The van der Waals surface area contributed by atoms with Gasteiger partial charge < -0.3 is 9.47 Å². The average molecular weight is 287 g/mol. The van der Waals surface area contributed by atoms with Crippen LogP contribution in [-0.2, 0) is 10.3 Å². The van der Waals surface area contributed by atoms with Crippen molar-refractivity contribution in [1.29, 1.82) is 0 Å². The van der Waals surface area contributed by atoms with Gasteiger partial charge in [-0.1, -0.05) is 25.0 Å². The molecule has 0 atom stereocenters. The molecule has 2 fully saturated rings. The summed E-state index contributed by atoms with van der Waals surface area (Å²) in [6.07, 6.45) is 8.13. The summed E-state index contributed by atoms with van der Waals surface area (Å²) >= 11 is 0. The number of hydrogen-bond donors (Lipinski definition) is 0. The van der Waals surface area contributed by atoms with E-state index >= 15 is 0 Å². The van der Waals surface area contributed by atoms with Crippen molar-refractivity contribution in [2.24, 2.45) is 10.9 Å². The van der Waals surface area contributed by atoms with Crippen molar-refractivity contribution in [1.82, 2.24) is 0 Å². The first-order chi connectivity index (χ1) is 10.3. The molecule has 0 aromatic heterocycles. The number of rotatable bonds is 6. The van der Waals surface area contributed by atoms with E-state index in [0.29, 0.717) is 12.5 Å². The minimum Gasteiger partial charge on any atom is -0.493 e. The molecular formula is C17H21NO3. The summed E-state index contributed by atoms with van der Waals surface area (Å²) < 4.78 is 11.5. The highest BCUT2D eigenvalue weighted by Crippen LogP contribution is 2.48. The minimum atomic E-state index is -0.477. The van der Waals surface area contributed by atoms with Gasteiger partial charge >= 0.3 is 0 Å². The molecule has 2 saturated carbocycles. The largest absolute Gasteiger partial charge is 0.493 e. The Morgan fingerprint density at radius 1 is 1.33 bits per heavy atom. The van der Waals surface area contributed by atoms with Gasteiger partial charge in [-0.15, -0.1) is 0 Å². The van der Waals surface area contributed by atoms with Gasteiger partial charge in [-0.2, -0.15) is 4.99 Å². The monoisotopic (exact) mass is 287 g/mol. The molecule has 4 nitrogen and oxygen atoms in total. The molecule has 0 heterocycles. The molecule has 21 heavy (non-hydrogen) atoms. The van der Waals surface area contributed by atoms with E-state index in [4.69, 9.17) is 9.47 Å². The van der Waals surface area contributed by atoms with E-state index in [1.165, 1.54) is 12.8 Å². The molecule has 1 aromatic carbocycles. The molecule has 112 valence electrons. The van der Waals surface area contributed by atoms with Crippen LogP contribution in [0.2, 0.25) is 0 Å². The van der Waals surface area contributed by atoms with E-state index in [9.17, 15) is 4.79 Å². The third kappa shape index (κ3) is 2.81. The molecular weight excluding hydrogens is 266 g/mol. The van der Waals surface area contributed by atoms with Crippen LogP contribution in [0.15, 0.2) is 23.2 Å². The second-order valence-corrected chi connectivity index (χ2v) is 6.03. The SMILES string of the molecule is COc1cccc(C2(N=C=O)CCCC2)c1OCC1CC1. The van der Waals surface area contributed by atoms with Crippen LogP contribution in [0.1, 0.15) is 44.1 Å². The summed E-state index contributed by atoms with van der Waals surface area (Å²) in [5.41, 5.74) is 0.498. The molecule has 3 rings (SSSR count). The van der Waals surface area contributed by atoms with Crippen molar-refractivity contribution in [2.45, 2.75) is 44.1 Å². The lowest BCUT2D eigenvalue weighted by atomic mass is 9.88. The van der Waals surface area contributed by atoms with Crippen LogP contribution in [-0.4, -0.2) is 19.8 Å². The number of carbonyl (C=O) groups excluding carboxylic acids is 1. The maximum Gasteiger partial charge on any atom is 0.235 e. The van der Waals surface area contributed by atoms with Crippen molar-refractivity contribution in [2.75, 3.05) is 13.7 Å². The molecule has 0 bridgehead atoms. The third-order valence-corrected chi connectivity index (χ3v) is 4.55. The van der Waals surface area contributed by atoms with Crippen LogP contribution in [0.5, 0.6) is 11.5 Å². The number of para-hydroxylation sites is 1. The Hall–Kier alpha value is -1.80. The molecule has 0 aliphatic heterocycles. The zero-order valence-corrected chi connectivity index (χ0v) is 12.4. The van der Waals surface area contributed by atoms with E-state index < -0.39 is 5.54 Å². The van der Waals surface area contributed by atoms with Gasteiger partial charge in [-0.25, -0.2) is 4.79 Å². The second-order valence-electron chi connectivity index (χ2n) is 6.03. The first-order valence-electron chi connectivity index (χ1n) is 7.68. The van der Waals surface area contributed by atoms with Gasteiger partial charge in [0.15, 0.2) is 11.5 Å². The van der Waals surface area contributed by atoms with Crippen LogP contribution in [0.4, 0.5) is 0 Å².